The van der Waals surface area contributed by atoms with Crippen molar-refractivity contribution in [1.82, 2.24) is 15.2 Å². The topological polar surface area (TPSA) is 52.7 Å². The van der Waals surface area contributed by atoms with Gasteiger partial charge in [0.2, 0.25) is 0 Å². The zero-order valence-electron chi connectivity index (χ0n) is 15.8. The van der Waals surface area contributed by atoms with Crippen LogP contribution in [0.2, 0.25) is 0 Å². The summed E-state index contributed by atoms with van der Waals surface area (Å²) in [5.41, 5.74) is 2.46. The summed E-state index contributed by atoms with van der Waals surface area (Å²) in [7, 11) is 3.98. The first kappa shape index (κ1) is 21.0. The monoisotopic (exact) mass is 470 g/mol. The maximum atomic E-state index is 5.44. The molecule has 144 valence electrons. The van der Waals surface area contributed by atoms with Gasteiger partial charge in [-0.3, -0.25) is 4.99 Å². The molecule has 1 aliphatic rings. The number of aromatic amines is 1. The van der Waals surface area contributed by atoms with Crippen LogP contribution in [0.15, 0.2) is 35.3 Å². The largest absolute Gasteiger partial charge is 0.381 e. The first-order valence-corrected chi connectivity index (χ1v) is 9.32. The molecule has 6 heteroatoms. The normalized spacial score (nSPS) is 15.7. The molecule has 0 radical (unpaired) electrons. The van der Waals surface area contributed by atoms with E-state index in [1.165, 1.54) is 35.9 Å². The van der Waals surface area contributed by atoms with Crippen molar-refractivity contribution >= 4 is 40.8 Å². The number of ether oxygens (including phenoxy) is 1. The molecular formula is C20H31IN4O. The van der Waals surface area contributed by atoms with E-state index in [4.69, 9.17) is 4.74 Å². The third kappa shape index (κ3) is 5.87. The molecule has 1 aliphatic heterocycles. The van der Waals surface area contributed by atoms with E-state index in [2.05, 4.69) is 57.6 Å². The smallest absolute Gasteiger partial charge is 0.193 e. The van der Waals surface area contributed by atoms with Crippen LogP contribution in [0.25, 0.3) is 10.9 Å². The van der Waals surface area contributed by atoms with Crippen LogP contribution < -0.4 is 5.32 Å². The number of aliphatic imine (C=N–C) groups is 1. The van der Waals surface area contributed by atoms with Crippen LogP contribution in [0, 0.1) is 5.92 Å². The molecule has 1 fully saturated rings. The van der Waals surface area contributed by atoms with Gasteiger partial charge in [0.25, 0.3) is 0 Å². The molecule has 1 saturated heterocycles. The lowest BCUT2D eigenvalue weighted by atomic mass is 9.96. The Labute approximate surface area is 173 Å². The van der Waals surface area contributed by atoms with Crippen molar-refractivity contribution in [3.63, 3.8) is 0 Å². The van der Waals surface area contributed by atoms with Crippen molar-refractivity contribution in [2.75, 3.05) is 40.4 Å². The van der Waals surface area contributed by atoms with Gasteiger partial charge in [-0.25, -0.2) is 0 Å². The van der Waals surface area contributed by atoms with E-state index in [-0.39, 0.29) is 24.0 Å². The fourth-order valence-corrected chi connectivity index (χ4v) is 3.48. The highest BCUT2D eigenvalue weighted by atomic mass is 127. The molecule has 0 saturated carbocycles. The van der Waals surface area contributed by atoms with Gasteiger partial charge in [0, 0.05) is 58.0 Å². The lowest BCUT2D eigenvalue weighted by molar-refractivity contribution is 0.0625. The number of aromatic nitrogens is 1. The molecule has 0 aliphatic carbocycles. The van der Waals surface area contributed by atoms with Gasteiger partial charge >= 0.3 is 0 Å². The van der Waals surface area contributed by atoms with Gasteiger partial charge < -0.3 is 19.9 Å². The first-order chi connectivity index (χ1) is 12.3. The number of fused-ring (bicyclic) bond motifs is 1. The summed E-state index contributed by atoms with van der Waals surface area (Å²) in [5, 5.41) is 4.75. The summed E-state index contributed by atoms with van der Waals surface area (Å²) in [6, 6.07) is 10.6. The summed E-state index contributed by atoms with van der Waals surface area (Å²) in [6.07, 6.45) is 4.56. The zero-order chi connectivity index (χ0) is 17.5. The first-order valence-electron chi connectivity index (χ1n) is 9.32. The highest BCUT2D eigenvalue weighted by Crippen LogP contribution is 2.18. The number of nitrogens with zero attached hydrogens (tertiary/aromatic N) is 2. The van der Waals surface area contributed by atoms with E-state index in [1.807, 2.05) is 7.05 Å². The molecule has 1 aromatic carbocycles. The van der Waals surface area contributed by atoms with E-state index in [9.17, 15) is 0 Å². The molecule has 0 atom stereocenters. The predicted molar refractivity (Wildman–Crippen MR) is 120 cm³/mol. The summed E-state index contributed by atoms with van der Waals surface area (Å²) in [4.78, 5) is 10.1. The molecule has 2 aromatic rings. The lowest BCUT2D eigenvalue weighted by Crippen LogP contribution is -2.40. The Hall–Kier alpha value is -1.28. The van der Waals surface area contributed by atoms with Gasteiger partial charge in [0.15, 0.2) is 5.96 Å². The van der Waals surface area contributed by atoms with Gasteiger partial charge in [-0.1, -0.05) is 18.2 Å². The van der Waals surface area contributed by atoms with Crippen LogP contribution >= 0.6 is 24.0 Å². The number of hydrogen-bond donors (Lipinski definition) is 2. The molecule has 26 heavy (non-hydrogen) atoms. The number of guanidine groups is 1. The van der Waals surface area contributed by atoms with Crippen molar-refractivity contribution in [2.24, 2.45) is 10.9 Å². The van der Waals surface area contributed by atoms with Crippen LogP contribution in [-0.2, 0) is 11.2 Å². The maximum absolute atomic E-state index is 5.44. The highest BCUT2D eigenvalue weighted by Gasteiger charge is 2.15. The van der Waals surface area contributed by atoms with Gasteiger partial charge in [0.05, 0.1) is 0 Å². The van der Waals surface area contributed by atoms with Gasteiger partial charge in [0.1, 0.15) is 0 Å². The standard InChI is InChI=1S/C20H30N4O.HI/c1-21-20(24(2)12-8-16-9-13-25-14-10-16)22-11-7-18-15-17-5-3-4-6-19(17)23-18;/h3-6,15-16,23H,7-14H2,1-2H3,(H,21,22);1H. The number of H-pyrrole nitrogens is 1. The lowest BCUT2D eigenvalue weighted by Gasteiger charge is -2.26. The van der Waals surface area contributed by atoms with E-state index in [0.717, 1.165) is 44.6 Å². The molecule has 0 bridgehead atoms. The molecule has 0 unspecified atom stereocenters. The molecule has 5 nitrogen and oxygen atoms in total. The average Bonchev–Trinajstić information content (AvgIpc) is 3.07. The molecule has 0 spiro atoms. The number of para-hydroxylation sites is 1. The highest BCUT2D eigenvalue weighted by molar-refractivity contribution is 14.0. The minimum absolute atomic E-state index is 0. The second kappa shape index (κ2) is 10.8. The Kier molecular flexibility index (Phi) is 8.71. The van der Waals surface area contributed by atoms with Crippen molar-refractivity contribution < 1.29 is 4.74 Å². The van der Waals surface area contributed by atoms with Crippen LogP contribution in [-0.4, -0.2) is 56.2 Å². The number of hydrogen-bond acceptors (Lipinski definition) is 2. The van der Waals surface area contributed by atoms with Gasteiger partial charge in [-0.05, 0) is 42.7 Å². The van der Waals surface area contributed by atoms with E-state index >= 15 is 0 Å². The fourth-order valence-electron chi connectivity index (χ4n) is 3.48. The number of nitrogens with one attached hydrogen (secondary N) is 2. The summed E-state index contributed by atoms with van der Waals surface area (Å²) in [6.45, 7) is 3.76. The van der Waals surface area contributed by atoms with Crippen molar-refractivity contribution in [1.29, 1.82) is 0 Å². The minimum Gasteiger partial charge on any atom is -0.381 e. The SMILES string of the molecule is CN=C(NCCc1cc2ccccc2[nH]1)N(C)CCC1CCOCC1.I. The average molecular weight is 470 g/mol. The van der Waals surface area contributed by atoms with Crippen molar-refractivity contribution in [2.45, 2.75) is 25.7 Å². The molecular weight excluding hydrogens is 439 g/mol. The number of benzene rings is 1. The van der Waals surface area contributed by atoms with Gasteiger partial charge in [-0.2, -0.15) is 0 Å². The Morgan fingerprint density at radius 1 is 1.31 bits per heavy atom. The summed E-state index contributed by atoms with van der Waals surface area (Å²) in [5.74, 6) is 1.77. The Balaban J connectivity index is 0.00000243. The second-order valence-electron chi connectivity index (χ2n) is 6.87. The molecule has 3 rings (SSSR count). The third-order valence-electron chi connectivity index (χ3n) is 5.05. The molecule has 2 N–H and O–H groups in total. The molecule has 2 heterocycles. The van der Waals surface area contributed by atoms with E-state index in [1.54, 1.807) is 0 Å². The maximum Gasteiger partial charge on any atom is 0.193 e. The fraction of sp³-hybridized carbons (Fsp3) is 0.550. The van der Waals surface area contributed by atoms with Gasteiger partial charge in [-0.15, -0.1) is 24.0 Å². The van der Waals surface area contributed by atoms with Crippen molar-refractivity contribution in [3.05, 3.63) is 36.0 Å². The Morgan fingerprint density at radius 2 is 2.08 bits per heavy atom. The zero-order valence-corrected chi connectivity index (χ0v) is 18.2. The van der Waals surface area contributed by atoms with Crippen molar-refractivity contribution in [3.8, 4) is 0 Å². The number of halogens is 1. The Bertz CT molecular complexity index is 661. The summed E-state index contributed by atoms with van der Waals surface area (Å²) < 4.78 is 5.44. The minimum atomic E-state index is 0. The van der Waals surface area contributed by atoms with E-state index < -0.39 is 0 Å². The third-order valence-corrected chi connectivity index (χ3v) is 5.05. The molecule has 1 aromatic heterocycles. The Morgan fingerprint density at radius 3 is 2.81 bits per heavy atom. The van der Waals surface area contributed by atoms with Crippen LogP contribution in [0.1, 0.15) is 25.0 Å². The van der Waals surface area contributed by atoms with Crippen LogP contribution in [0.4, 0.5) is 0 Å². The molecule has 0 amide bonds. The second-order valence-corrected chi connectivity index (χ2v) is 6.87. The van der Waals surface area contributed by atoms with Crippen LogP contribution in [0.5, 0.6) is 0 Å². The van der Waals surface area contributed by atoms with E-state index in [0.29, 0.717) is 0 Å². The summed E-state index contributed by atoms with van der Waals surface area (Å²) >= 11 is 0. The predicted octanol–water partition coefficient (Wildman–Crippen LogP) is 3.65. The quantitative estimate of drug-likeness (QED) is 0.385. The number of rotatable bonds is 6. The van der Waals surface area contributed by atoms with Crippen LogP contribution in [0.3, 0.4) is 0 Å².